The topological polar surface area (TPSA) is 108 Å². The Labute approximate surface area is 431 Å². The Morgan fingerprint density at radius 3 is 1.55 bits per heavy atom. The van der Waals surface area contributed by atoms with E-state index >= 15 is 0 Å². The van der Waals surface area contributed by atoms with Crippen LogP contribution < -0.4 is 4.90 Å². The Bertz CT molecular complexity index is 5230. The number of anilines is 3. The molecule has 0 amide bonds. The third kappa shape index (κ3) is 6.04. The molecule has 0 spiro atoms. The van der Waals surface area contributed by atoms with E-state index in [-0.39, 0.29) is 0 Å². The Balaban J connectivity index is 0.948. The molecule has 0 aliphatic carbocycles. The summed E-state index contributed by atoms with van der Waals surface area (Å²) in [7, 11) is 0. The van der Waals surface area contributed by atoms with E-state index in [1.807, 2.05) is 103 Å². The fraction of sp³-hybridized carbons (Fsp3) is 0. The number of furan rings is 4. The van der Waals surface area contributed by atoms with Gasteiger partial charge in [0.2, 0.25) is 0 Å². The van der Waals surface area contributed by atoms with Gasteiger partial charge in [0.25, 0.3) is 0 Å². The molecule has 5 aromatic heterocycles. The molecule has 0 atom stereocenters. The minimum atomic E-state index is 0.366. The smallest absolute Gasteiger partial charge is 0.145 e. The lowest BCUT2D eigenvalue weighted by atomic mass is 9.97. The molecule has 0 bridgehead atoms. The highest BCUT2D eigenvalue weighted by Crippen LogP contribution is 2.48. The summed E-state index contributed by atoms with van der Waals surface area (Å²) in [4.78, 5) is 2.06. The van der Waals surface area contributed by atoms with Gasteiger partial charge >= 0.3 is 0 Å². The van der Waals surface area contributed by atoms with Gasteiger partial charge in [-0.15, -0.1) is 0 Å². The Morgan fingerprint density at radius 1 is 0.355 bits per heavy atom. The highest BCUT2D eigenvalue weighted by molar-refractivity contribution is 6.27. The summed E-state index contributed by atoms with van der Waals surface area (Å²) in [6.07, 6.45) is 0. The molecule has 16 rings (SSSR count). The van der Waals surface area contributed by atoms with E-state index in [2.05, 4.69) is 137 Å². The fourth-order valence-electron chi connectivity index (χ4n) is 11.9. The first-order valence-electron chi connectivity index (χ1n) is 25.1. The van der Waals surface area contributed by atoms with E-state index in [4.69, 9.17) is 17.7 Å². The van der Waals surface area contributed by atoms with Crippen LogP contribution in [0.3, 0.4) is 0 Å². The molecule has 0 aliphatic heterocycles. The van der Waals surface area contributed by atoms with Gasteiger partial charge in [-0.2, -0.15) is 10.5 Å². The summed E-state index contributed by atoms with van der Waals surface area (Å²) in [5.74, 6) is 0. The van der Waals surface area contributed by atoms with Crippen molar-refractivity contribution >= 4 is 127 Å². The Hall–Kier alpha value is -10.8. The van der Waals surface area contributed by atoms with Crippen LogP contribution in [0.25, 0.3) is 138 Å². The second-order valence-corrected chi connectivity index (χ2v) is 19.4. The van der Waals surface area contributed by atoms with Crippen molar-refractivity contribution in [2.45, 2.75) is 0 Å². The van der Waals surface area contributed by atoms with E-state index < -0.39 is 0 Å². The highest BCUT2D eigenvalue weighted by Gasteiger charge is 2.27. The standard InChI is InChI=1S/C68H36N4O4/c69-37-39-32-57(71(44-26-27-50-46-10-1-5-16-59(46)75-65(50)36-44)43-24-20-40(21-25-43)41-22-30-63-52(34-41)48-12-3-6-17-60(48)73-63)54(38-70)58(33-39)72-55-15-9-14-45(42-23-31-64-53(35-42)49-13-4-7-18-61(49)74-64)66(55)67-56(72)29-28-51-47-11-2-8-19-62(47)76-68(51)67/h1-36H. The van der Waals surface area contributed by atoms with Gasteiger partial charge < -0.3 is 27.1 Å². The van der Waals surface area contributed by atoms with E-state index in [0.717, 1.165) is 138 Å². The van der Waals surface area contributed by atoms with Crippen molar-refractivity contribution < 1.29 is 17.7 Å². The van der Waals surface area contributed by atoms with Crippen LogP contribution in [0.4, 0.5) is 17.1 Å². The molecule has 5 heterocycles. The summed E-state index contributed by atoms with van der Waals surface area (Å²) < 4.78 is 28.0. The maximum absolute atomic E-state index is 11.8. The summed E-state index contributed by atoms with van der Waals surface area (Å²) in [5, 5.41) is 32.8. The lowest BCUT2D eigenvalue weighted by Gasteiger charge is -2.28. The number of rotatable bonds is 6. The van der Waals surface area contributed by atoms with Gasteiger partial charge in [0.15, 0.2) is 0 Å². The zero-order chi connectivity index (χ0) is 50.2. The highest BCUT2D eigenvalue weighted by atomic mass is 16.3. The van der Waals surface area contributed by atoms with Crippen molar-refractivity contribution in [3.05, 3.63) is 230 Å². The van der Waals surface area contributed by atoms with Crippen molar-refractivity contribution in [1.82, 2.24) is 4.57 Å². The van der Waals surface area contributed by atoms with Gasteiger partial charge in [0, 0.05) is 65.9 Å². The molecule has 8 nitrogen and oxygen atoms in total. The molecule has 0 aliphatic rings. The minimum Gasteiger partial charge on any atom is -0.456 e. The third-order valence-corrected chi connectivity index (χ3v) is 15.3. The van der Waals surface area contributed by atoms with Gasteiger partial charge in [-0.3, -0.25) is 0 Å². The predicted octanol–water partition coefficient (Wildman–Crippen LogP) is 18.9. The van der Waals surface area contributed by atoms with Gasteiger partial charge in [0.05, 0.1) is 39.4 Å². The fourth-order valence-corrected chi connectivity index (χ4v) is 11.9. The Kier molecular flexibility index (Phi) is 8.71. The van der Waals surface area contributed by atoms with Crippen molar-refractivity contribution in [3.63, 3.8) is 0 Å². The van der Waals surface area contributed by atoms with Gasteiger partial charge in [-0.25, -0.2) is 0 Å². The normalized spacial score (nSPS) is 11.9. The first-order valence-corrected chi connectivity index (χ1v) is 25.1. The molecule has 352 valence electrons. The number of aromatic nitrogens is 1. The summed E-state index contributed by atoms with van der Waals surface area (Å²) in [6.45, 7) is 0. The zero-order valence-corrected chi connectivity index (χ0v) is 40.2. The van der Waals surface area contributed by atoms with E-state index in [1.54, 1.807) is 0 Å². The molecule has 0 N–H and O–H groups in total. The van der Waals surface area contributed by atoms with Crippen molar-refractivity contribution in [2.24, 2.45) is 0 Å². The number of benzene rings is 11. The maximum Gasteiger partial charge on any atom is 0.145 e. The van der Waals surface area contributed by atoms with Crippen LogP contribution in [0.5, 0.6) is 0 Å². The second-order valence-electron chi connectivity index (χ2n) is 19.4. The number of fused-ring (bicyclic) bond motifs is 16. The van der Waals surface area contributed by atoms with Crippen LogP contribution in [0.1, 0.15) is 11.1 Å². The molecule has 8 heteroatoms. The molecule has 0 saturated carbocycles. The minimum absolute atomic E-state index is 0.366. The van der Waals surface area contributed by atoms with E-state index in [9.17, 15) is 10.5 Å². The number of nitriles is 2. The summed E-state index contributed by atoms with van der Waals surface area (Å²) >= 11 is 0. The van der Waals surface area contributed by atoms with Gasteiger partial charge in [-0.1, -0.05) is 109 Å². The lowest BCUT2D eigenvalue weighted by Crippen LogP contribution is -2.13. The summed E-state index contributed by atoms with van der Waals surface area (Å²) in [5.41, 5.74) is 15.3. The molecule has 0 saturated heterocycles. The SMILES string of the molecule is N#Cc1cc(N(c2ccc(-c3ccc4oc5ccccc5c4c3)cc2)c2ccc3c(c2)oc2ccccc23)c(C#N)c(-n2c3cccc(-c4ccc5oc6ccccc6c5c4)c3c3c4oc5ccccc5c4ccc32)c1. The van der Waals surface area contributed by atoms with Crippen LogP contribution >= 0.6 is 0 Å². The number of hydrogen-bond acceptors (Lipinski definition) is 7. The molecule has 0 unspecified atom stereocenters. The molecule has 11 aromatic carbocycles. The predicted molar refractivity (Wildman–Crippen MR) is 305 cm³/mol. The van der Waals surface area contributed by atoms with Crippen molar-refractivity contribution in [2.75, 3.05) is 4.90 Å². The van der Waals surface area contributed by atoms with E-state index in [0.29, 0.717) is 28.1 Å². The molecule has 16 aromatic rings. The average molecular weight is 973 g/mol. The van der Waals surface area contributed by atoms with Crippen LogP contribution in [-0.2, 0) is 0 Å². The monoisotopic (exact) mass is 972 g/mol. The first kappa shape index (κ1) is 41.8. The molecular weight excluding hydrogens is 937 g/mol. The lowest BCUT2D eigenvalue weighted by molar-refractivity contribution is 0.668. The third-order valence-electron chi connectivity index (χ3n) is 15.3. The number of para-hydroxylation sites is 4. The zero-order valence-electron chi connectivity index (χ0n) is 40.2. The number of nitrogens with zero attached hydrogens (tertiary/aromatic N) is 4. The number of hydrogen-bond donors (Lipinski definition) is 0. The van der Waals surface area contributed by atoms with Crippen LogP contribution in [0, 0.1) is 22.7 Å². The largest absolute Gasteiger partial charge is 0.456 e. The molecule has 0 fully saturated rings. The van der Waals surface area contributed by atoms with Crippen molar-refractivity contribution in [3.8, 4) is 40.1 Å². The molecule has 0 radical (unpaired) electrons. The maximum atomic E-state index is 11.8. The van der Waals surface area contributed by atoms with Gasteiger partial charge in [0.1, 0.15) is 56.3 Å². The van der Waals surface area contributed by atoms with E-state index in [1.165, 1.54) is 0 Å². The molecule has 76 heavy (non-hydrogen) atoms. The summed E-state index contributed by atoms with van der Waals surface area (Å²) in [6, 6.07) is 78.8. The quantitative estimate of drug-likeness (QED) is 0.163. The second kappa shape index (κ2) is 15.8. The van der Waals surface area contributed by atoms with Gasteiger partial charge in [-0.05, 0) is 125 Å². The Morgan fingerprint density at radius 2 is 0.882 bits per heavy atom. The van der Waals surface area contributed by atoms with Crippen molar-refractivity contribution in [1.29, 1.82) is 10.5 Å². The first-order chi connectivity index (χ1) is 37.6. The molecular formula is C68H36N4O4. The van der Waals surface area contributed by atoms with Crippen LogP contribution in [-0.4, -0.2) is 4.57 Å². The van der Waals surface area contributed by atoms with Crippen LogP contribution in [0.2, 0.25) is 0 Å². The van der Waals surface area contributed by atoms with Crippen LogP contribution in [0.15, 0.2) is 236 Å². The average Bonchev–Trinajstić information content (AvgIpc) is 4.41.